The SMILES string of the molecule is CCCCB(CCCC)OCCC. The Hall–Kier alpha value is 0.0249. The Bertz CT molecular complexity index is 77.1. The molecule has 0 aromatic rings. The molecule has 13 heavy (non-hydrogen) atoms. The molecule has 0 aromatic heterocycles. The van der Waals surface area contributed by atoms with Crippen molar-refractivity contribution >= 4 is 6.92 Å². The van der Waals surface area contributed by atoms with Crippen LogP contribution in [0.3, 0.4) is 0 Å². The maximum absolute atomic E-state index is 5.80. The molecule has 0 bridgehead atoms. The highest BCUT2D eigenvalue weighted by molar-refractivity contribution is 6.51. The van der Waals surface area contributed by atoms with Crippen LogP contribution >= 0.6 is 0 Å². The second kappa shape index (κ2) is 10.1. The van der Waals surface area contributed by atoms with Gasteiger partial charge in [-0.1, -0.05) is 46.5 Å². The van der Waals surface area contributed by atoms with Gasteiger partial charge in [0.2, 0.25) is 0 Å². The van der Waals surface area contributed by atoms with Crippen molar-refractivity contribution in [1.29, 1.82) is 0 Å². The number of rotatable bonds is 9. The van der Waals surface area contributed by atoms with Gasteiger partial charge in [-0.25, -0.2) is 0 Å². The van der Waals surface area contributed by atoms with E-state index in [9.17, 15) is 0 Å². The van der Waals surface area contributed by atoms with Crippen LogP contribution in [0.1, 0.15) is 52.9 Å². The minimum absolute atomic E-state index is 0.542. The molecular formula is C11H25BO. The fraction of sp³-hybridized carbons (Fsp3) is 1.00. The molecule has 78 valence electrons. The molecule has 0 radical (unpaired) electrons. The van der Waals surface area contributed by atoms with Crippen LogP contribution in [0.15, 0.2) is 0 Å². The Kier molecular flexibility index (Phi) is 10.1. The van der Waals surface area contributed by atoms with Gasteiger partial charge in [-0.15, -0.1) is 0 Å². The molecule has 2 heteroatoms. The maximum Gasteiger partial charge on any atom is 0.293 e. The van der Waals surface area contributed by atoms with Gasteiger partial charge in [0.05, 0.1) is 0 Å². The minimum atomic E-state index is 0.542. The first kappa shape index (κ1) is 13.0. The molecule has 0 aromatic carbocycles. The Labute approximate surface area is 84.4 Å². The highest BCUT2D eigenvalue weighted by atomic mass is 16.4. The van der Waals surface area contributed by atoms with Crippen LogP contribution in [0, 0.1) is 0 Å². The highest BCUT2D eigenvalue weighted by Gasteiger charge is 2.13. The third kappa shape index (κ3) is 8.36. The molecular weight excluding hydrogens is 159 g/mol. The molecule has 0 spiro atoms. The summed E-state index contributed by atoms with van der Waals surface area (Å²) in [5.74, 6) is 0. The van der Waals surface area contributed by atoms with Crippen LogP contribution in [0.5, 0.6) is 0 Å². The van der Waals surface area contributed by atoms with Crippen molar-refractivity contribution < 1.29 is 4.65 Å². The van der Waals surface area contributed by atoms with E-state index in [1.54, 1.807) is 0 Å². The average Bonchev–Trinajstić information content (AvgIpc) is 2.17. The number of hydrogen-bond donors (Lipinski definition) is 0. The van der Waals surface area contributed by atoms with E-state index in [0.29, 0.717) is 6.92 Å². The van der Waals surface area contributed by atoms with E-state index in [2.05, 4.69) is 20.8 Å². The lowest BCUT2D eigenvalue weighted by molar-refractivity contribution is 0.316. The second-order valence-electron chi connectivity index (χ2n) is 3.78. The Morgan fingerprint density at radius 2 is 1.38 bits per heavy atom. The van der Waals surface area contributed by atoms with Crippen LogP contribution in [-0.4, -0.2) is 13.5 Å². The standard InChI is InChI=1S/C11H25BO/c1-4-7-9-12(10-8-5-2)13-11-6-3/h4-11H2,1-3H3. The molecule has 0 aliphatic carbocycles. The zero-order chi connectivity index (χ0) is 9.94. The van der Waals surface area contributed by atoms with Crippen molar-refractivity contribution in [3.05, 3.63) is 0 Å². The molecule has 0 saturated heterocycles. The summed E-state index contributed by atoms with van der Waals surface area (Å²) in [4.78, 5) is 0. The first-order chi connectivity index (χ1) is 6.35. The van der Waals surface area contributed by atoms with E-state index in [4.69, 9.17) is 4.65 Å². The van der Waals surface area contributed by atoms with Crippen LogP contribution in [-0.2, 0) is 4.65 Å². The van der Waals surface area contributed by atoms with Crippen molar-refractivity contribution in [2.24, 2.45) is 0 Å². The van der Waals surface area contributed by atoms with E-state index in [1.165, 1.54) is 38.3 Å². The second-order valence-corrected chi connectivity index (χ2v) is 3.78. The molecule has 0 amide bonds. The van der Waals surface area contributed by atoms with Gasteiger partial charge in [-0.3, -0.25) is 0 Å². The summed E-state index contributed by atoms with van der Waals surface area (Å²) >= 11 is 0. The summed E-state index contributed by atoms with van der Waals surface area (Å²) in [5, 5.41) is 0. The molecule has 0 saturated carbocycles. The third-order valence-electron chi connectivity index (χ3n) is 2.32. The van der Waals surface area contributed by atoms with Gasteiger partial charge in [0.1, 0.15) is 0 Å². The van der Waals surface area contributed by atoms with Crippen molar-refractivity contribution in [2.75, 3.05) is 6.61 Å². The molecule has 0 aliphatic heterocycles. The summed E-state index contributed by atoms with van der Waals surface area (Å²) in [7, 11) is 0. The van der Waals surface area contributed by atoms with Gasteiger partial charge in [-0.05, 0) is 19.1 Å². The van der Waals surface area contributed by atoms with E-state index in [1.807, 2.05) is 0 Å². The lowest BCUT2D eigenvalue weighted by Crippen LogP contribution is -2.18. The summed E-state index contributed by atoms with van der Waals surface area (Å²) in [6.45, 7) is 8.15. The first-order valence-electron chi connectivity index (χ1n) is 5.96. The van der Waals surface area contributed by atoms with Crippen LogP contribution in [0.4, 0.5) is 0 Å². The van der Waals surface area contributed by atoms with Gasteiger partial charge in [0.25, 0.3) is 6.92 Å². The quantitative estimate of drug-likeness (QED) is 0.492. The first-order valence-corrected chi connectivity index (χ1v) is 5.96. The summed E-state index contributed by atoms with van der Waals surface area (Å²) in [6.07, 6.45) is 8.88. The summed E-state index contributed by atoms with van der Waals surface area (Å²) in [6, 6.07) is 0. The Balaban J connectivity index is 3.47. The Morgan fingerprint density at radius 1 is 0.846 bits per heavy atom. The molecule has 1 nitrogen and oxygen atoms in total. The lowest BCUT2D eigenvalue weighted by atomic mass is 9.59. The molecule has 0 heterocycles. The topological polar surface area (TPSA) is 9.23 Å². The Morgan fingerprint density at radius 3 is 1.77 bits per heavy atom. The van der Waals surface area contributed by atoms with Crippen LogP contribution in [0.2, 0.25) is 12.6 Å². The molecule has 0 atom stereocenters. The molecule has 0 fully saturated rings. The van der Waals surface area contributed by atoms with Gasteiger partial charge in [0, 0.05) is 6.61 Å². The lowest BCUT2D eigenvalue weighted by Gasteiger charge is -2.12. The van der Waals surface area contributed by atoms with E-state index in [0.717, 1.165) is 13.0 Å². The number of unbranched alkanes of at least 4 members (excludes halogenated alkanes) is 2. The largest absolute Gasteiger partial charge is 0.436 e. The van der Waals surface area contributed by atoms with Gasteiger partial charge >= 0.3 is 0 Å². The molecule has 0 N–H and O–H groups in total. The predicted octanol–water partition coefficient (Wildman–Crippen LogP) is 4.00. The van der Waals surface area contributed by atoms with E-state index < -0.39 is 0 Å². The smallest absolute Gasteiger partial charge is 0.293 e. The van der Waals surface area contributed by atoms with Gasteiger partial charge < -0.3 is 4.65 Å². The van der Waals surface area contributed by atoms with Gasteiger partial charge in [0.15, 0.2) is 0 Å². The van der Waals surface area contributed by atoms with Crippen molar-refractivity contribution in [3.63, 3.8) is 0 Å². The average molecular weight is 184 g/mol. The van der Waals surface area contributed by atoms with Crippen molar-refractivity contribution in [2.45, 2.75) is 65.5 Å². The molecule has 0 aliphatic rings. The van der Waals surface area contributed by atoms with E-state index in [-0.39, 0.29) is 0 Å². The zero-order valence-corrected chi connectivity index (χ0v) is 9.64. The predicted molar refractivity (Wildman–Crippen MR) is 61.4 cm³/mol. The fourth-order valence-corrected chi connectivity index (χ4v) is 1.46. The monoisotopic (exact) mass is 184 g/mol. The van der Waals surface area contributed by atoms with E-state index >= 15 is 0 Å². The fourth-order valence-electron chi connectivity index (χ4n) is 1.46. The van der Waals surface area contributed by atoms with Crippen molar-refractivity contribution in [1.82, 2.24) is 0 Å². The van der Waals surface area contributed by atoms with Crippen LogP contribution in [0.25, 0.3) is 0 Å². The molecule has 0 unspecified atom stereocenters. The number of hydrogen-bond acceptors (Lipinski definition) is 1. The maximum atomic E-state index is 5.80. The van der Waals surface area contributed by atoms with Crippen LogP contribution < -0.4 is 0 Å². The normalized spacial score (nSPS) is 10.4. The van der Waals surface area contributed by atoms with Gasteiger partial charge in [-0.2, -0.15) is 0 Å². The highest BCUT2D eigenvalue weighted by Crippen LogP contribution is 2.11. The minimum Gasteiger partial charge on any atom is -0.436 e. The molecule has 0 rings (SSSR count). The van der Waals surface area contributed by atoms with Crippen molar-refractivity contribution in [3.8, 4) is 0 Å². The summed E-state index contributed by atoms with van der Waals surface area (Å²) < 4.78 is 5.80. The zero-order valence-electron chi connectivity index (χ0n) is 9.64. The summed E-state index contributed by atoms with van der Waals surface area (Å²) in [5.41, 5.74) is 0. The third-order valence-corrected chi connectivity index (χ3v) is 2.32.